The normalized spacial score (nSPS) is 13.8. The number of Topliss-reactive ketones (excluding diaryl/α,β-unsaturated/α-hetero) is 1. The van der Waals surface area contributed by atoms with Gasteiger partial charge in [-0.3, -0.25) is 14.3 Å². The van der Waals surface area contributed by atoms with Crippen LogP contribution in [0.2, 0.25) is 0 Å². The minimum atomic E-state index is -0.0108. The summed E-state index contributed by atoms with van der Waals surface area (Å²) in [5.41, 5.74) is 4.72. The zero-order valence-corrected chi connectivity index (χ0v) is 14.7. The molecule has 2 aromatic rings. The molecule has 0 atom stereocenters. The van der Waals surface area contributed by atoms with Crippen molar-refractivity contribution in [3.63, 3.8) is 0 Å². The lowest BCUT2D eigenvalue weighted by molar-refractivity contribution is -0.132. The molecule has 0 bridgehead atoms. The molecule has 5 nitrogen and oxygen atoms in total. The maximum Gasteiger partial charge on any atom is 0.244 e. The molecule has 1 aromatic heterocycles. The van der Waals surface area contributed by atoms with E-state index in [-0.39, 0.29) is 24.3 Å². The van der Waals surface area contributed by atoms with Gasteiger partial charge < -0.3 is 4.90 Å². The molecular weight excluding hydrogens is 302 g/mol. The number of likely N-dealkylation sites (N-methyl/N-ethyl adjacent to an activating group) is 1. The fourth-order valence-electron chi connectivity index (χ4n) is 3.61. The van der Waals surface area contributed by atoms with Crippen LogP contribution in [0.1, 0.15) is 39.8 Å². The van der Waals surface area contributed by atoms with E-state index in [2.05, 4.69) is 17.2 Å². The second kappa shape index (κ2) is 6.23. The number of benzene rings is 1. The number of hydrogen-bond acceptors (Lipinski definition) is 3. The quantitative estimate of drug-likeness (QED) is 0.811. The zero-order valence-electron chi connectivity index (χ0n) is 14.7. The van der Waals surface area contributed by atoms with Crippen molar-refractivity contribution in [2.45, 2.75) is 46.2 Å². The van der Waals surface area contributed by atoms with Crippen LogP contribution >= 0.6 is 0 Å². The summed E-state index contributed by atoms with van der Waals surface area (Å²) in [6, 6.07) is 8.55. The van der Waals surface area contributed by atoms with E-state index in [1.807, 2.05) is 37.9 Å². The Morgan fingerprint density at radius 2 is 1.79 bits per heavy atom. The number of carbonyl (C=O) groups excluding carboxylic acids is 2. The van der Waals surface area contributed by atoms with Crippen molar-refractivity contribution in [2.75, 3.05) is 7.05 Å². The summed E-state index contributed by atoms with van der Waals surface area (Å²) in [5.74, 6) is 0.0109. The summed E-state index contributed by atoms with van der Waals surface area (Å²) in [7, 11) is 1.86. The summed E-state index contributed by atoms with van der Waals surface area (Å²) in [6.45, 7) is 5.35. The van der Waals surface area contributed by atoms with Crippen LogP contribution in [-0.4, -0.2) is 39.5 Å². The summed E-state index contributed by atoms with van der Waals surface area (Å²) >= 11 is 0. The molecule has 0 radical (unpaired) electrons. The van der Waals surface area contributed by atoms with Gasteiger partial charge in [0.1, 0.15) is 6.54 Å². The first kappa shape index (κ1) is 16.4. The van der Waals surface area contributed by atoms with Gasteiger partial charge in [0.25, 0.3) is 0 Å². The molecule has 1 aliphatic carbocycles. The highest BCUT2D eigenvalue weighted by Gasteiger charge is 2.28. The highest BCUT2D eigenvalue weighted by Crippen LogP contribution is 2.25. The Hall–Kier alpha value is -2.43. The number of ketones is 1. The van der Waals surface area contributed by atoms with E-state index in [0.29, 0.717) is 11.3 Å². The van der Waals surface area contributed by atoms with Crippen LogP contribution in [0.3, 0.4) is 0 Å². The van der Waals surface area contributed by atoms with Crippen LogP contribution in [0.25, 0.3) is 0 Å². The predicted octanol–water partition coefficient (Wildman–Crippen LogP) is 2.33. The van der Waals surface area contributed by atoms with E-state index in [0.717, 1.165) is 18.5 Å². The van der Waals surface area contributed by atoms with Crippen LogP contribution in [0, 0.1) is 13.8 Å². The maximum absolute atomic E-state index is 12.7. The monoisotopic (exact) mass is 325 g/mol. The van der Waals surface area contributed by atoms with Crippen LogP contribution in [0.15, 0.2) is 24.3 Å². The van der Waals surface area contributed by atoms with E-state index in [1.54, 1.807) is 4.68 Å². The van der Waals surface area contributed by atoms with Crippen molar-refractivity contribution in [1.82, 2.24) is 14.7 Å². The first-order valence-corrected chi connectivity index (χ1v) is 8.26. The first-order valence-electron chi connectivity index (χ1n) is 8.26. The summed E-state index contributed by atoms with van der Waals surface area (Å²) < 4.78 is 1.65. The highest BCUT2D eigenvalue weighted by atomic mass is 16.2. The Balaban J connectivity index is 1.72. The van der Waals surface area contributed by atoms with E-state index >= 15 is 0 Å². The van der Waals surface area contributed by atoms with E-state index in [1.165, 1.54) is 18.1 Å². The molecular formula is C19H23N3O2. The third-order valence-electron chi connectivity index (χ3n) is 4.99. The molecule has 0 unspecified atom stereocenters. The minimum Gasteiger partial charge on any atom is -0.340 e. The number of fused-ring (bicyclic) bond motifs is 1. The molecule has 1 amide bonds. The fourth-order valence-corrected chi connectivity index (χ4v) is 3.61. The summed E-state index contributed by atoms with van der Waals surface area (Å²) in [5, 5.41) is 4.37. The van der Waals surface area contributed by atoms with Crippen molar-refractivity contribution >= 4 is 11.7 Å². The molecule has 0 fully saturated rings. The number of rotatable bonds is 4. The average Bonchev–Trinajstić information content (AvgIpc) is 3.07. The van der Waals surface area contributed by atoms with E-state index in [9.17, 15) is 9.59 Å². The lowest BCUT2D eigenvalue weighted by atomic mass is 10.1. The Kier molecular flexibility index (Phi) is 4.26. The third kappa shape index (κ3) is 2.86. The molecule has 1 aliphatic rings. The summed E-state index contributed by atoms with van der Waals surface area (Å²) in [6.07, 6.45) is 1.79. The number of nitrogens with zero attached hydrogens (tertiary/aromatic N) is 3. The Morgan fingerprint density at radius 1 is 1.21 bits per heavy atom. The van der Waals surface area contributed by atoms with Crippen LogP contribution < -0.4 is 0 Å². The van der Waals surface area contributed by atoms with Crippen molar-refractivity contribution < 1.29 is 9.59 Å². The topological polar surface area (TPSA) is 55.2 Å². The molecule has 126 valence electrons. The maximum atomic E-state index is 12.7. The lowest BCUT2D eigenvalue weighted by Crippen LogP contribution is -2.39. The third-order valence-corrected chi connectivity index (χ3v) is 4.99. The van der Waals surface area contributed by atoms with Crippen LogP contribution in [-0.2, 0) is 24.2 Å². The number of aryl methyl sites for hydroxylation is 1. The molecule has 5 heteroatoms. The number of hydrogen-bond donors (Lipinski definition) is 0. The van der Waals surface area contributed by atoms with Gasteiger partial charge in [0.15, 0.2) is 5.78 Å². The molecule has 24 heavy (non-hydrogen) atoms. The smallest absolute Gasteiger partial charge is 0.244 e. The second-order valence-corrected chi connectivity index (χ2v) is 6.60. The van der Waals surface area contributed by atoms with Crippen molar-refractivity contribution in [1.29, 1.82) is 0 Å². The minimum absolute atomic E-state index is 0.0108. The van der Waals surface area contributed by atoms with Crippen molar-refractivity contribution in [3.8, 4) is 0 Å². The molecule has 0 saturated heterocycles. The van der Waals surface area contributed by atoms with Gasteiger partial charge in [0.05, 0.1) is 11.3 Å². The molecule has 0 aliphatic heterocycles. The Morgan fingerprint density at radius 3 is 2.29 bits per heavy atom. The van der Waals surface area contributed by atoms with Crippen LogP contribution in [0.4, 0.5) is 0 Å². The van der Waals surface area contributed by atoms with Crippen LogP contribution in [0.5, 0.6) is 0 Å². The average molecular weight is 325 g/mol. The standard InChI is InChI=1S/C19H23N3O2/c1-12-19(14(3)23)13(2)22(20-12)11-18(24)21(4)17-9-15-7-5-6-8-16(15)10-17/h5-8,17H,9-11H2,1-4H3. The molecule has 0 spiro atoms. The second-order valence-electron chi connectivity index (χ2n) is 6.60. The largest absolute Gasteiger partial charge is 0.340 e. The van der Waals surface area contributed by atoms with Gasteiger partial charge >= 0.3 is 0 Å². The van der Waals surface area contributed by atoms with Gasteiger partial charge in [-0.25, -0.2) is 0 Å². The van der Waals surface area contributed by atoms with Gasteiger partial charge in [0, 0.05) is 18.8 Å². The molecule has 0 saturated carbocycles. The molecule has 1 aromatic carbocycles. The zero-order chi connectivity index (χ0) is 17.4. The number of carbonyl (C=O) groups is 2. The van der Waals surface area contributed by atoms with Gasteiger partial charge in [-0.15, -0.1) is 0 Å². The van der Waals surface area contributed by atoms with Crippen molar-refractivity contribution in [3.05, 3.63) is 52.3 Å². The predicted molar refractivity (Wildman–Crippen MR) is 92.1 cm³/mol. The Labute approximate surface area is 142 Å². The highest BCUT2D eigenvalue weighted by molar-refractivity contribution is 5.96. The van der Waals surface area contributed by atoms with E-state index in [4.69, 9.17) is 0 Å². The van der Waals surface area contributed by atoms with Gasteiger partial charge in [-0.2, -0.15) is 5.10 Å². The SMILES string of the molecule is CC(=O)c1c(C)nn(CC(=O)N(C)C2Cc3ccccc3C2)c1C. The molecule has 3 rings (SSSR count). The fraction of sp³-hybridized carbons (Fsp3) is 0.421. The summed E-state index contributed by atoms with van der Waals surface area (Å²) in [4.78, 5) is 26.2. The van der Waals surface area contributed by atoms with Crippen molar-refractivity contribution in [2.24, 2.45) is 0 Å². The van der Waals surface area contributed by atoms with Gasteiger partial charge in [0.2, 0.25) is 5.91 Å². The van der Waals surface area contributed by atoms with Gasteiger partial charge in [-0.05, 0) is 44.7 Å². The number of amides is 1. The first-order chi connectivity index (χ1) is 11.4. The van der Waals surface area contributed by atoms with E-state index < -0.39 is 0 Å². The number of aromatic nitrogens is 2. The van der Waals surface area contributed by atoms with Gasteiger partial charge in [-0.1, -0.05) is 24.3 Å². The lowest BCUT2D eigenvalue weighted by Gasteiger charge is -2.24. The Bertz CT molecular complexity index is 782. The molecule has 0 N–H and O–H groups in total. The molecule has 1 heterocycles.